The lowest BCUT2D eigenvalue weighted by atomic mass is 10.3. The second-order valence-electron chi connectivity index (χ2n) is 2.47. The zero-order chi connectivity index (χ0) is 8.48. The number of carbonyl (C=O) groups excluding carboxylic acids is 1. The van der Waals surface area contributed by atoms with Gasteiger partial charge in [0.25, 0.3) is 0 Å². The SMILES string of the molecule is CCOC(=O)C1(F)CC1C#N. The molecule has 0 aromatic rings. The number of hydrogen-bond acceptors (Lipinski definition) is 3. The van der Waals surface area contributed by atoms with Crippen molar-refractivity contribution in [3.63, 3.8) is 0 Å². The van der Waals surface area contributed by atoms with E-state index in [0.717, 1.165) is 0 Å². The van der Waals surface area contributed by atoms with Crippen LogP contribution in [0.25, 0.3) is 0 Å². The van der Waals surface area contributed by atoms with Gasteiger partial charge in [-0.25, -0.2) is 9.18 Å². The zero-order valence-electron chi connectivity index (χ0n) is 6.13. The van der Waals surface area contributed by atoms with Gasteiger partial charge in [-0.2, -0.15) is 5.26 Å². The van der Waals surface area contributed by atoms with Gasteiger partial charge in [0.05, 0.1) is 18.6 Å². The first-order chi connectivity index (χ1) is 5.15. The Morgan fingerprint density at radius 2 is 2.64 bits per heavy atom. The van der Waals surface area contributed by atoms with Gasteiger partial charge in [0.15, 0.2) is 0 Å². The van der Waals surface area contributed by atoms with E-state index >= 15 is 0 Å². The Labute approximate surface area is 63.8 Å². The van der Waals surface area contributed by atoms with E-state index in [1.54, 1.807) is 13.0 Å². The van der Waals surface area contributed by atoms with Crippen molar-refractivity contribution in [3.05, 3.63) is 0 Å². The van der Waals surface area contributed by atoms with Crippen molar-refractivity contribution in [1.82, 2.24) is 0 Å². The minimum atomic E-state index is -2.00. The molecule has 0 spiro atoms. The van der Waals surface area contributed by atoms with Gasteiger partial charge >= 0.3 is 5.97 Å². The topological polar surface area (TPSA) is 50.1 Å². The second kappa shape index (κ2) is 2.50. The van der Waals surface area contributed by atoms with E-state index < -0.39 is 17.6 Å². The summed E-state index contributed by atoms with van der Waals surface area (Å²) in [7, 11) is 0. The predicted octanol–water partition coefficient (Wildman–Crippen LogP) is 0.801. The molecular weight excluding hydrogens is 149 g/mol. The molecule has 11 heavy (non-hydrogen) atoms. The average Bonchev–Trinajstić information content (AvgIpc) is 2.64. The summed E-state index contributed by atoms with van der Waals surface area (Å²) in [6.45, 7) is 1.76. The molecule has 1 rings (SSSR count). The van der Waals surface area contributed by atoms with Crippen LogP contribution in [0.2, 0.25) is 0 Å². The van der Waals surface area contributed by atoms with Gasteiger partial charge in [0.2, 0.25) is 5.67 Å². The number of alkyl halides is 1. The summed E-state index contributed by atoms with van der Waals surface area (Å²) < 4.78 is 17.5. The number of carbonyl (C=O) groups is 1. The van der Waals surface area contributed by atoms with Crippen LogP contribution in [-0.2, 0) is 9.53 Å². The smallest absolute Gasteiger partial charge is 0.345 e. The van der Waals surface area contributed by atoms with Crippen molar-refractivity contribution in [2.45, 2.75) is 19.0 Å². The Balaban J connectivity index is 2.51. The van der Waals surface area contributed by atoms with Crippen LogP contribution < -0.4 is 0 Å². The van der Waals surface area contributed by atoms with E-state index in [9.17, 15) is 9.18 Å². The average molecular weight is 157 g/mol. The number of ether oxygens (including phenoxy) is 1. The standard InChI is InChI=1S/C7H8FNO2/c1-2-11-6(10)7(8)3-5(7)4-9/h5H,2-3H2,1H3. The Hall–Kier alpha value is -1.11. The molecular formula is C7H8FNO2. The number of esters is 1. The number of hydrogen-bond donors (Lipinski definition) is 0. The van der Waals surface area contributed by atoms with Crippen LogP contribution in [0.4, 0.5) is 4.39 Å². The molecule has 2 atom stereocenters. The summed E-state index contributed by atoms with van der Waals surface area (Å²) in [5, 5.41) is 8.26. The molecule has 0 bridgehead atoms. The maximum Gasteiger partial charge on any atom is 0.345 e. The minimum Gasteiger partial charge on any atom is -0.464 e. The van der Waals surface area contributed by atoms with Crippen LogP contribution in [0, 0.1) is 17.2 Å². The van der Waals surface area contributed by atoms with Gasteiger partial charge in [-0.15, -0.1) is 0 Å². The number of rotatable bonds is 2. The monoisotopic (exact) mass is 157 g/mol. The number of halogens is 1. The molecule has 2 unspecified atom stereocenters. The fourth-order valence-corrected chi connectivity index (χ4v) is 0.863. The zero-order valence-corrected chi connectivity index (χ0v) is 6.13. The molecule has 0 N–H and O–H groups in total. The fraction of sp³-hybridized carbons (Fsp3) is 0.714. The Kier molecular flexibility index (Phi) is 1.81. The van der Waals surface area contributed by atoms with E-state index in [2.05, 4.69) is 4.74 Å². The molecule has 0 radical (unpaired) electrons. The van der Waals surface area contributed by atoms with Crippen LogP contribution >= 0.6 is 0 Å². The van der Waals surface area contributed by atoms with Crippen LogP contribution in [0.3, 0.4) is 0 Å². The van der Waals surface area contributed by atoms with E-state index in [4.69, 9.17) is 5.26 Å². The molecule has 0 amide bonds. The highest BCUT2D eigenvalue weighted by atomic mass is 19.1. The molecule has 0 aromatic carbocycles. The molecule has 1 aliphatic carbocycles. The molecule has 1 saturated carbocycles. The summed E-state index contributed by atoms with van der Waals surface area (Å²) in [4.78, 5) is 10.7. The first kappa shape index (κ1) is 7.99. The molecule has 3 nitrogen and oxygen atoms in total. The highest BCUT2D eigenvalue weighted by molar-refractivity contribution is 5.84. The van der Waals surface area contributed by atoms with Gasteiger partial charge in [-0.1, -0.05) is 0 Å². The maximum atomic E-state index is 13.0. The number of nitriles is 1. The summed E-state index contributed by atoms with van der Waals surface area (Å²) >= 11 is 0. The maximum absolute atomic E-state index is 13.0. The third-order valence-corrected chi connectivity index (χ3v) is 1.66. The van der Waals surface area contributed by atoms with E-state index in [1.807, 2.05) is 0 Å². The lowest BCUT2D eigenvalue weighted by molar-refractivity contribution is -0.151. The van der Waals surface area contributed by atoms with E-state index in [-0.39, 0.29) is 13.0 Å². The second-order valence-corrected chi connectivity index (χ2v) is 2.47. The lowest BCUT2D eigenvalue weighted by Crippen LogP contribution is -2.22. The van der Waals surface area contributed by atoms with Gasteiger partial charge < -0.3 is 4.74 Å². The molecule has 0 aromatic heterocycles. The third-order valence-electron chi connectivity index (χ3n) is 1.66. The molecule has 60 valence electrons. The van der Waals surface area contributed by atoms with E-state index in [0.29, 0.717) is 0 Å². The Bertz CT molecular complexity index is 223. The van der Waals surface area contributed by atoms with Crippen LogP contribution in [-0.4, -0.2) is 18.2 Å². The van der Waals surface area contributed by atoms with Gasteiger partial charge in [0, 0.05) is 6.42 Å². The van der Waals surface area contributed by atoms with Crippen molar-refractivity contribution < 1.29 is 13.9 Å². The van der Waals surface area contributed by atoms with Crippen LogP contribution in [0.1, 0.15) is 13.3 Å². The third kappa shape index (κ3) is 1.18. The van der Waals surface area contributed by atoms with E-state index in [1.165, 1.54) is 0 Å². The number of nitrogens with zero attached hydrogens (tertiary/aromatic N) is 1. The quantitative estimate of drug-likeness (QED) is 0.557. The Morgan fingerprint density at radius 3 is 3.00 bits per heavy atom. The Morgan fingerprint density at radius 1 is 2.00 bits per heavy atom. The predicted molar refractivity (Wildman–Crippen MR) is 34.2 cm³/mol. The summed E-state index contributed by atoms with van der Waals surface area (Å²) in [6, 6.07) is 1.69. The van der Waals surface area contributed by atoms with Crippen molar-refractivity contribution in [1.29, 1.82) is 5.26 Å². The summed E-state index contributed by atoms with van der Waals surface area (Å²) in [5.74, 6) is -1.69. The summed E-state index contributed by atoms with van der Waals surface area (Å²) in [6.07, 6.45) is -0.0116. The van der Waals surface area contributed by atoms with Gasteiger partial charge in [-0.05, 0) is 6.92 Å². The fourth-order valence-electron chi connectivity index (χ4n) is 0.863. The minimum absolute atomic E-state index is 0.0116. The van der Waals surface area contributed by atoms with Crippen molar-refractivity contribution >= 4 is 5.97 Å². The molecule has 1 aliphatic rings. The molecule has 4 heteroatoms. The molecule has 1 fully saturated rings. The van der Waals surface area contributed by atoms with Crippen LogP contribution in [0.15, 0.2) is 0 Å². The largest absolute Gasteiger partial charge is 0.464 e. The molecule has 0 heterocycles. The first-order valence-corrected chi connectivity index (χ1v) is 3.41. The molecule has 0 aliphatic heterocycles. The molecule has 0 saturated heterocycles. The normalized spacial score (nSPS) is 34.1. The van der Waals surface area contributed by atoms with Crippen molar-refractivity contribution in [3.8, 4) is 6.07 Å². The lowest BCUT2D eigenvalue weighted by Gasteiger charge is -2.03. The van der Waals surface area contributed by atoms with Crippen molar-refractivity contribution in [2.75, 3.05) is 6.61 Å². The summed E-state index contributed by atoms with van der Waals surface area (Å²) in [5.41, 5.74) is -2.00. The van der Waals surface area contributed by atoms with Crippen LogP contribution in [0.5, 0.6) is 0 Å². The van der Waals surface area contributed by atoms with Gasteiger partial charge in [-0.3, -0.25) is 0 Å². The first-order valence-electron chi connectivity index (χ1n) is 3.41. The highest BCUT2D eigenvalue weighted by Crippen LogP contribution is 2.47. The van der Waals surface area contributed by atoms with Crippen molar-refractivity contribution in [2.24, 2.45) is 5.92 Å². The highest BCUT2D eigenvalue weighted by Gasteiger charge is 2.63. The van der Waals surface area contributed by atoms with Gasteiger partial charge in [0.1, 0.15) is 0 Å².